The largest absolute Gasteiger partial charge is 0.396 e. The van der Waals surface area contributed by atoms with Crippen LogP contribution >= 0.6 is 11.6 Å². The minimum atomic E-state index is -0.456. The fourth-order valence-electron chi connectivity index (χ4n) is 2.09. The number of rotatable bonds is 1. The van der Waals surface area contributed by atoms with Crippen LogP contribution in [-0.4, -0.2) is 14.5 Å². The van der Waals surface area contributed by atoms with Crippen LogP contribution in [0.1, 0.15) is 0 Å². The van der Waals surface area contributed by atoms with Crippen LogP contribution in [0.15, 0.2) is 30.7 Å². The van der Waals surface area contributed by atoms with E-state index < -0.39 is 5.82 Å². The molecule has 0 amide bonds. The van der Waals surface area contributed by atoms with Crippen molar-refractivity contribution in [1.29, 1.82) is 0 Å². The molecule has 1 aromatic carbocycles. The molecule has 3 aromatic rings. The zero-order valence-electron chi connectivity index (χ0n) is 10.1. The summed E-state index contributed by atoms with van der Waals surface area (Å²) in [6.45, 7) is 0. The van der Waals surface area contributed by atoms with E-state index in [-0.39, 0.29) is 5.69 Å². The van der Waals surface area contributed by atoms with E-state index in [0.29, 0.717) is 21.7 Å². The van der Waals surface area contributed by atoms with Gasteiger partial charge in [-0.3, -0.25) is 0 Å². The first kappa shape index (κ1) is 11.9. The molecule has 0 saturated carbocycles. The van der Waals surface area contributed by atoms with Crippen molar-refractivity contribution < 1.29 is 4.39 Å². The van der Waals surface area contributed by atoms with Gasteiger partial charge < -0.3 is 10.3 Å². The van der Waals surface area contributed by atoms with Gasteiger partial charge in [0.1, 0.15) is 22.9 Å². The minimum absolute atomic E-state index is 0.117. The lowest BCUT2D eigenvalue weighted by atomic mass is 10.1. The van der Waals surface area contributed by atoms with Crippen molar-refractivity contribution in [1.82, 2.24) is 14.5 Å². The Morgan fingerprint density at radius 2 is 2.11 bits per heavy atom. The van der Waals surface area contributed by atoms with Crippen molar-refractivity contribution >= 4 is 28.3 Å². The van der Waals surface area contributed by atoms with Crippen molar-refractivity contribution in [2.45, 2.75) is 0 Å². The normalized spacial score (nSPS) is 11.1. The van der Waals surface area contributed by atoms with Crippen molar-refractivity contribution in [2.75, 3.05) is 5.73 Å². The Hall–Kier alpha value is -2.14. The van der Waals surface area contributed by atoms with Gasteiger partial charge in [-0.05, 0) is 17.7 Å². The second-order valence-corrected chi connectivity index (χ2v) is 4.61. The Balaban J connectivity index is 2.33. The molecule has 96 valence electrons. The first-order valence-corrected chi connectivity index (χ1v) is 5.96. The van der Waals surface area contributed by atoms with Gasteiger partial charge in [0.05, 0.1) is 11.1 Å². The Labute approximate surface area is 113 Å². The molecule has 6 heteroatoms. The number of aromatic nitrogens is 3. The standard InChI is InChI=1S/C13H10ClFN4/c1-19-5-8(7-2-3-10(16)9(15)4-7)11-12(14)17-6-18-13(11)19/h2-6H,16H2,1H3. The number of nitrogen functional groups attached to an aromatic ring is 1. The molecule has 0 radical (unpaired) electrons. The summed E-state index contributed by atoms with van der Waals surface area (Å²) in [7, 11) is 1.85. The SMILES string of the molecule is Cn1cc(-c2ccc(N)c(F)c2)c2c(Cl)ncnc21. The molecule has 2 heterocycles. The zero-order valence-corrected chi connectivity index (χ0v) is 10.8. The second kappa shape index (κ2) is 4.20. The molecule has 0 fully saturated rings. The molecular weight excluding hydrogens is 267 g/mol. The molecule has 0 aliphatic carbocycles. The van der Waals surface area contributed by atoms with E-state index in [1.807, 2.05) is 17.8 Å². The summed E-state index contributed by atoms with van der Waals surface area (Å²) in [5.74, 6) is -0.456. The fraction of sp³-hybridized carbons (Fsp3) is 0.0769. The summed E-state index contributed by atoms with van der Waals surface area (Å²) in [6.07, 6.45) is 3.24. The summed E-state index contributed by atoms with van der Waals surface area (Å²) >= 11 is 6.11. The number of halogens is 2. The number of hydrogen-bond acceptors (Lipinski definition) is 3. The van der Waals surface area contributed by atoms with Crippen LogP contribution in [0.3, 0.4) is 0 Å². The number of hydrogen-bond donors (Lipinski definition) is 1. The van der Waals surface area contributed by atoms with Crippen LogP contribution in [0.5, 0.6) is 0 Å². The van der Waals surface area contributed by atoms with E-state index in [1.54, 1.807) is 6.07 Å². The third-order valence-electron chi connectivity index (χ3n) is 3.02. The first-order valence-electron chi connectivity index (χ1n) is 5.59. The number of fused-ring (bicyclic) bond motifs is 1. The van der Waals surface area contributed by atoms with Gasteiger partial charge in [0, 0.05) is 18.8 Å². The van der Waals surface area contributed by atoms with Crippen LogP contribution < -0.4 is 5.73 Å². The van der Waals surface area contributed by atoms with Gasteiger partial charge in [-0.1, -0.05) is 17.7 Å². The molecule has 0 aliphatic heterocycles. The van der Waals surface area contributed by atoms with Gasteiger partial charge in [0.15, 0.2) is 0 Å². The third-order valence-corrected chi connectivity index (χ3v) is 3.31. The van der Waals surface area contributed by atoms with Gasteiger partial charge in [-0.25, -0.2) is 14.4 Å². The maximum Gasteiger partial charge on any atom is 0.146 e. The van der Waals surface area contributed by atoms with Crippen molar-refractivity contribution in [2.24, 2.45) is 7.05 Å². The van der Waals surface area contributed by atoms with Gasteiger partial charge in [-0.15, -0.1) is 0 Å². The molecule has 0 bridgehead atoms. The molecule has 19 heavy (non-hydrogen) atoms. The Morgan fingerprint density at radius 3 is 2.84 bits per heavy atom. The average Bonchev–Trinajstić information content (AvgIpc) is 2.72. The first-order chi connectivity index (χ1) is 9.08. The van der Waals surface area contributed by atoms with E-state index in [4.69, 9.17) is 17.3 Å². The summed E-state index contributed by atoms with van der Waals surface area (Å²) in [5, 5.41) is 1.05. The monoisotopic (exact) mass is 276 g/mol. The van der Waals surface area contributed by atoms with Crippen LogP contribution in [0, 0.1) is 5.82 Å². The van der Waals surface area contributed by atoms with Crippen LogP contribution in [0.4, 0.5) is 10.1 Å². The minimum Gasteiger partial charge on any atom is -0.396 e. The molecule has 0 aliphatic rings. The van der Waals surface area contributed by atoms with Crippen LogP contribution in [-0.2, 0) is 7.05 Å². The quantitative estimate of drug-likeness (QED) is 0.549. The van der Waals surface area contributed by atoms with Gasteiger partial charge in [-0.2, -0.15) is 0 Å². The lowest BCUT2D eigenvalue weighted by Crippen LogP contribution is -1.90. The lowest BCUT2D eigenvalue weighted by Gasteiger charge is -2.02. The molecule has 0 unspecified atom stereocenters. The van der Waals surface area contributed by atoms with E-state index >= 15 is 0 Å². The maximum absolute atomic E-state index is 13.6. The topological polar surface area (TPSA) is 56.7 Å². The molecule has 0 spiro atoms. The molecule has 0 saturated heterocycles. The van der Waals surface area contributed by atoms with Crippen molar-refractivity contribution in [3.63, 3.8) is 0 Å². The summed E-state index contributed by atoms with van der Waals surface area (Å²) < 4.78 is 15.4. The van der Waals surface area contributed by atoms with E-state index in [0.717, 1.165) is 5.56 Å². The number of benzene rings is 1. The lowest BCUT2D eigenvalue weighted by molar-refractivity contribution is 0.633. The van der Waals surface area contributed by atoms with Crippen molar-refractivity contribution in [3.05, 3.63) is 41.7 Å². The van der Waals surface area contributed by atoms with Crippen LogP contribution in [0.2, 0.25) is 5.15 Å². The van der Waals surface area contributed by atoms with Gasteiger partial charge in [0.25, 0.3) is 0 Å². The molecular formula is C13H10ClFN4. The van der Waals surface area contributed by atoms with Crippen molar-refractivity contribution in [3.8, 4) is 11.1 Å². The highest BCUT2D eigenvalue weighted by Crippen LogP contribution is 2.33. The molecule has 3 rings (SSSR count). The number of nitrogens with zero attached hydrogens (tertiary/aromatic N) is 3. The predicted octanol–water partition coefficient (Wildman–Crippen LogP) is 3.01. The highest BCUT2D eigenvalue weighted by atomic mass is 35.5. The predicted molar refractivity (Wildman–Crippen MR) is 73.3 cm³/mol. The zero-order chi connectivity index (χ0) is 13.6. The number of anilines is 1. The summed E-state index contributed by atoms with van der Waals surface area (Å²) in [4.78, 5) is 8.15. The molecule has 4 nitrogen and oxygen atoms in total. The molecule has 2 N–H and O–H groups in total. The van der Waals surface area contributed by atoms with Gasteiger partial charge >= 0.3 is 0 Å². The van der Waals surface area contributed by atoms with E-state index in [9.17, 15) is 4.39 Å². The number of nitrogens with two attached hydrogens (primary N) is 1. The van der Waals surface area contributed by atoms with E-state index in [2.05, 4.69) is 9.97 Å². The van der Waals surface area contributed by atoms with E-state index in [1.165, 1.54) is 18.5 Å². The number of aryl methyl sites for hydroxylation is 1. The molecule has 0 atom stereocenters. The Kier molecular flexibility index (Phi) is 2.64. The Morgan fingerprint density at radius 1 is 1.32 bits per heavy atom. The highest BCUT2D eigenvalue weighted by molar-refractivity contribution is 6.35. The molecule has 2 aromatic heterocycles. The Bertz CT molecular complexity index is 782. The fourth-order valence-corrected chi connectivity index (χ4v) is 2.32. The summed E-state index contributed by atoms with van der Waals surface area (Å²) in [6, 6.07) is 4.66. The second-order valence-electron chi connectivity index (χ2n) is 4.25. The maximum atomic E-state index is 13.6. The smallest absolute Gasteiger partial charge is 0.146 e. The third kappa shape index (κ3) is 1.82. The van der Waals surface area contributed by atoms with Gasteiger partial charge in [0.2, 0.25) is 0 Å². The summed E-state index contributed by atoms with van der Waals surface area (Å²) in [5.41, 5.74) is 7.77. The average molecular weight is 277 g/mol. The van der Waals surface area contributed by atoms with Crippen LogP contribution in [0.25, 0.3) is 22.2 Å². The highest BCUT2D eigenvalue weighted by Gasteiger charge is 2.14.